The van der Waals surface area contributed by atoms with Gasteiger partial charge < -0.3 is 14.8 Å². The van der Waals surface area contributed by atoms with Gasteiger partial charge in [-0.15, -0.1) is 0 Å². The summed E-state index contributed by atoms with van der Waals surface area (Å²) >= 11 is 0. The molecule has 21 heavy (non-hydrogen) atoms. The molecule has 5 heteroatoms. The van der Waals surface area contributed by atoms with E-state index < -0.39 is 5.82 Å². The van der Waals surface area contributed by atoms with Crippen LogP contribution >= 0.6 is 0 Å². The molecular formula is C16H16FNO3. The second kappa shape index (κ2) is 7.40. The smallest absolute Gasteiger partial charge is 0.255 e. The van der Waals surface area contributed by atoms with Gasteiger partial charge in [0.05, 0.1) is 6.61 Å². The highest BCUT2D eigenvalue weighted by molar-refractivity contribution is 6.04. The predicted molar refractivity (Wildman–Crippen MR) is 78.2 cm³/mol. The SMILES string of the molecule is COCCOc1ccc(NC(=O)c2cccc(F)c2)cc1. The number of rotatable bonds is 6. The molecule has 4 nitrogen and oxygen atoms in total. The van der Waals surface area contributed by atoms with Crippen molar-refractivity contribution in [2.75, 3.05) is 25.6 Å². The van der Waals surface area contributed by atoms with Crippen molar-refractivity contribution >= 4 is 11.6 Å². The van der Waals surface area contributed by atoms with Gasteiger partial charge >= 0.3 is 0 Å². The van der Waals surface area contributed by atoms with Gasteiger partial charge in [-0.05, 0) is 42.5 Å². The van der Waals surface area contributed by atoms with E-state index in [2.05, 4.69) is 5.32 Å². The molecule has 2 aromatic rings. The van der Waals surface area contributed by atoms with Crippen LogP contribution in [-0.4, -0.2) is 26.2 Å². The van der Waals surface area contributed by atoms with Gasteiger partial charge in [0.1, 0.15) is 18.2 Å². The van der Waals surface area contributed by atoms with Crippen molar-refractivity contribution in [2.24, 2.45) is 0 Å². The second-order valence-corrected chi connectivity index (χ2v) is 4.33. The lowest BCUT2D eigenvalue weighted by atomic mass is 10.2. The average Bonchev–Trinajstić information content (AvgIpc) is 2.49. The third kappa shape index (κ3) is 4.57. The molecule has 0 aliphatic heterocycles. The van der Waals surface area contributed by atoms with Crippen molar-refractivity contribution in [1.29, 1.82) is 0 Å². The standard InChI is InChI=1S/C16H16FNO3/c1-20-9-10-21-15-7-5-14(6-8-15)18-16(19)12-3-2-4-13(17)11-12/h2-8,11H,9-10H2,1H3,(H,18,19). The Balaban J connectivity index is 1.95. The largest absolute Gasteiger partial charge is 0.491 e. The molecule has 0 bridgehead atoms. The number of hydrogen-bond acceptors (Lipinski definition) is 3. The predicted octanol–water partition coefficient (Wildman–Crippen LogP) is 3.10. The van der Waals surface area contributed by atoms with Gasteiger partial charge in [0.25, 0.3) is 5.91 Å². The second-order valence-electron chi connectivity index (χ2n) is 4.33. The van der Waals surface area contributed by atoms with Crippen LogP contribution in [0.2, 0.25) is 0 Å². The number of methoxy groups -OCH3 is 1. The molecule has 110 valence electrons. The first-order chi connectivity index (χ1) is 10.2. The highest BCUT2D eigenvalue weighted by atomic mass is 19.1. The highest BCUT2D eigenvalue weighted by Crippen LogP contribution is 2.16. The van der Waals surface area contributed by atoms with Gasteiger partial charge in [0.2, 0.25) is 0 Å². The number of benzene rings is 2. The number of carbonyl (C=O) groups is 1. The summed E-state index contributed by atoms with van der Waals surface area (Å²) < 4.78 is 23.4. The summed E-state index contributed by atoms with van der Waals surface area (Å²) in [7, 11) is 1.61. The van der Waals surface area contributed by atoms with Crippen LogP contribution in [0.25, 0.3) is 0 Å². The molecule has 0 atom stereocenters. The zero-order chi connectivity index (χ0) is 15.1. The molecule has 0 saturated carbocycles. The van der Waals surface area contributed by atoms with E-state index in [1.54, 1.807) is 37.4 Å². The number of halogens is 1. The van der Waals surface area contributed by atoms with Gasteiger partial charge in [-0.3, -0.25) is 4.79 Å². The maximum atomic E-state index is 13.1. The Morgan fingerprint density at radius 2 is 1.90 bits per heavy atom. The molecule has 0 spiro atoms. The molecule has 2 aromatic carbocycles. The molecule has 0 aromatic heterocycles. The number of amides is 1. The normalized spacial score (nSPS) is 10.2. The first kappa shape index (κ1) is 15.0. The first-order valence-electron chi connectivity index (χ1n) is 6.48. The first-order valence-corrected chi connectivity index (χ1v) is 6.48. The minimum Gasteiger partial charge on any atom is -0.491 e. The van der Waals surface area contributed by atoms with Gasteiger partial charge in [-0.1, -0.05) is 6.07 Å². The van der Waals surface area contributed by atoms with E-state index in [0.29, 0.717) is 24.7 Å². The van der Waals surface area contributed by atoms with Crippen LogP contribution in [0.3, 0.4) is 0 Å². The van der Waals surface area contributed by atoms with Crippen LogP contribution in [-0.2, 0) is 4.74 Å². The fraction of sp³-hybridized carbons (Fsp3) is 0.188. The molecule has 1 amide bonds. The molecule has 0 aliphatic carbocycles. The molecule has 2 rings (SSSR count). The van der Waals surface area contributed by atoms with Crippen molar-refractivity contribution < 1.29 is 18.7 Å². The molecule has 0 heterocycles. The quantitative estimate of drug-likeness (QED) is 0.831. The van der Waals surface area contributed by atoms with Crippen LogP contribution in [0.4, 0.5) is 10.1 Å². The lowest BCUT2D eigenvalue weighted by Gasteiger charge is -2.08. The lowest BCUT2D eigenvalue weighted by Crippen LogP contribution is -2.12. The number of carbonyl (C=O) groups excluding carboxylic acids is 1. The Labute approximate surface area is 122 Å². The van der Waals surface area contributed by atoms with Crippen LogP contribution in [0.1, 0.15) is 10.4 Å². The fourth-order valence-corrected chi connectivity index (χ4v) is 1.71. The Morgan fingerprint density at radius 3 is 2.57 bits per heavy atom. The molecule has 0 radical (unpaired) electrons. The van der Waals surface area contributed by atoms with Crippen molar-refractivity contribution in [1.82, 2.24) is 0 Å². The minimum atomic E-state index is -0.440. The highest BCUT2D eigenvalue weighted by Gasteiger charge is 2.06. The van der Waals surface area contributed by atoms with E-state index in [0.717, 1.165) is 0 Å². The number of nitrogens with one attached hydrogen (secondary N) is 1. The van der Waals surface area contributed by atoms with E-state index in [1.807, 2.05) is 0 Å². The third-order valence-corrected chi connectivity index (χ3v) is 2.76. The topological polar surface area (TPSA) is 47.6 Å². The van der Waals surface area contributed by atoms with E-state index in [4.69, 9.17) is 9.47 Å². The van der Waals surface area contributed by atoms with Crippen LogP contribution in [0.5, 0.6) is 5.75 Å². The Hall–Kier alpha value is -2.40. The van der Waals surface area contributed by atoms with Gasteiger partial charge in [0.15, 0.2) is 0 Å². The van der Waals surface area contributed by atoms with Crippen molar-refractivity contribution in [3.05, 3.63) is 59.9 Å². The van der Waals surface area contributed by atoms with Gasteiger partial charge in [-0.25, -0.2) is 4.39 Å². The van der Waals surface area contributed by atoms with Crippen LogP contribution in [0, 0.1) is 5.82 Å². The van der Waals surface area contributed by atoms with Crippen molar-refractivity contribution in [2.45, 2.75) is 0 Å². The van der Waals surface area contributed by atoms with E-state index in [1.165, 1.54) is 18.2 Å². The maximum absolute atomic E-state index is 13.1. The van der Waals surface area contributed by atoms with E-state index in [-0.39, 0.29) is 11.5 Å². The number of hydrogen-bond donors (Lipinski definition) is 1. The summed E-state index contributed by atoms with van der Waals surface area (Å²) in [6, 6.07) is 12.5. The molecule has 0 saturated heterocycles. The third-order valence-electron chi connectivity index (χ3n) is 2.76. The summed E-state index contributed by atoms with van der Waals surface area (Å²) in [5, 5.41) is 2.69. The maximum Gasteiger partial charge on any atom is 0.255 e. The Kier molecular flexibility index (Phi) is 5.29. The van der Waals surface area contributed by atoms with E-state index in [9.17, 15) is 9.18 Å². The fourth-order valence-electron chi connectivity index (χ4n) is 1.71. The lowest BCUT2D eigenvalue weighted by molar-refractivity contribution is 0.102. The molecule has 0 fully saturated rings. The summed E-state index contributed by atoms with van der Waals surface area (Å²) in [6.07, 6.45) is 0. The van der Waals surface area contributed by atoms with Crippen LogP contribution < -0.4 is 10.1 Å². The van der Waals surface area contributed by atoms with Crippen molar-refractivity contribution in [3.8, 4) is 5.75 Å². The van der Waals surface area contributed by atoms with Gasteiger partial charge in [0, 0.05) is 18.4 Å². The van der Waals surface area contributed by atoms with Gasteiger partial charge in [-0.2, -0.15) is 0 Å². The average molecular weight is 289 g/mol. The zero-order valence-electron chi connectivity index (χ0n) is 11.6. The molecular weight excluding hydrogens is 273 g/mol. The summed E-state index contributed by atoms with van der Waals surface area (Å²) in [6.45, 7) is 0.976. The monoisotopic (exact) mass is 289 g/mol. The summed E-state index contributed by atoms with van der Waals surface area (Å²) in [4.78, 5) is 11.9. The minimum absolute atomic E-state index is 0.274. The zero-order valence-corrected chi connectivity index (χ0v) is 11.6. The van der Waals surface area contributed by atoms with Crippen molar-refractivity contribution in [3.63, 3.8) is 0 Å². The molecule has 0 unspecified atom stereocenters. The van der Waals surface area contributed by atoms with E-state index >= 15 is 0 Å². The summed E-state index contributed by atoms with van der Waals surface area (Å²) in [5.74, 6) is -0.108. The Morgan fingerprint density at radius 1 is 1.14 bits per heavy atom. The van der Waals surface area contributed by atoms with Crippen LogP contribution in [0.15, 0.2) is 48.5 Å². The molecule has 1 N–H and O–H groups in total. The number of anilines is 1. The molecule has 0 aliphatic rings. The summed E-state index contributed by atoms with van der Waals surface area (Å²) in [5.41, 5.74) is 0.888. The Bertz CT molecular complexity index is 599. The number of ether oxygens (including phenoxy) is 2.